The van der Waals surface area contributed by atoms with Gasteiger partial charge in [0.15, 0.2) is 0 Å². The zero-order chi connectivity index (χ0) is 36.1. The molecule has 0 bridgehead atoms. The van der Waals surface area contributed by atoms with E-state index in [2.05, 4.69) is 0 Å². The summed E-state index contributed by atoms with van der Waals surface area (Å²) in [6.45, 7) is 11.4. The highest BCUT2D eigenvalue weighted by Gasteiger charge is 2.24. The van der Waals surface area contributed by atoms with Crippen LogP contribution in [-0.4, -0.2) is 95.5 Å². The van der Waals surface area contributed by atoms with Crippen LogP contribution in [0.1, 0.15) is 76.6 Å². The van der Waals surface area contributed by atoms with Crippen molar-refractivity contribution in [2.24, 2.45) is 0 Å². The molecular formula is C36H52N2O10. The van der Waals surface area contributed by atoms with Crippen LogP contribution in [0, 0.1) is 0 Å². The van der Waals surface area contributed by atoms with Gasteiger partial charge in [0.2, 0.25) is 0 Å². The number of carbonyl (C=O) groups is 4. The minimum atomic E-state index is -0.710. The lowest BCUT2D eigenvalue weighted by atomic mass is 10.0. The molecule has 0 radical (unpaired) electrons. The largest absolute Gasteiger partial charge is 0.508 e. The van der Waals surface area contributed by atoms with Crippen LogP contribution in [0.2, 0.25) is 0 Å². The maximum absolute atomic E-state index is 13.0. The van der Waals surface area contributed by atoms with Crippen molar-refractivity contribution < 1.29 is 48.3 Å². The number of carbonyl (C=O) groups excluding carboxylic acids is 4. The lowest BCUT2D eigenvalue weighted by Gasteiger charge is -2.29. The number of benzene rings is 2. The second kappa shape index (κ2) is 18.4. The minimum Gasteiger partial charge on any atom is -0.508 e. The summed E-state index contributed by atoms with van der Waals surface area (Å²) < 4.78 is 20.7. The molecule has 0 aliphatic rings. The van der Waals surface area contributed by atoms with Crippen LogP contribution in [-0.2, 0) is 64.1 Å². The van der Waals surface area contributed by atoms with Crippen LogP contribution in [0.5, 0.6) is 11.5 Å². The molecule has 2 aromatic carbocycles. The second-order valence-corrected chi connectivity index (χ2v) is 13.7. The summed E-state index contributed by atoms with van der Waals surface area (Å²) >= 11 is 0. The predicted octanol–water partition coefficient (Wildman–Crippen LogP) is 4.30. The first kappa shape index (κ1) is 40.0. The van der Waals surface area contributed by atoms with Gasteiger partial charge in [-0.05, 0) is 77.6 Å². The Morgan fingerprint density at radius 1 is 0.604 bits per heavy atom. The molecule has 266 valence electrons. The smallest absolute Gasteiger partial charge is 0.320 e. The maximum Gasteiger partial charge on any atom is 0.320 e. The first-order chi connectivity index (χ1) is 22.4. The molecule has 0 saturated heterocycles. The second-order valence-electron chi connectivity index (χ2n) is 13.7. The normalized spacial score (nSPS) is 11.8. The van der Waals surface area contributed by atoms with Crippen LogP contribution < -0.4 is 0 Å². The van der Waals surface area contributed by atoms with Crippen molar-refractivity contribution >= 4 is 23.9 Å². The zero-order valence-corrected chi connectivity index (χ0v) is 29.6. The third-order valence-corrected chi connectivity index (χ3v) is 7.04. The molecule has 0 aliphatic carbocycles. The van der Waals surface area contributed by atoms with Gasteiger partial charge in [-0.15, -0.1) is 0 Å². The maximum atomic E-state index is 13.0. The number of phenolic OH excluding ortho intramolecular Hbond substituents is 2. The van der Waals surface area contributed by atoms with E-state index in [0.717, 1.165) is 11.1 Å². The average Bonchev–Trinajstić information content (AvgIpc) is 2.97. The Bertz CT molecular complexity index is 1290. The molecule has 2 rings (SSSR count). The third-order valence-electron chi connectivity index (χ3n) is 7.04. The number of rotatable bonds is 17. The summed E-state index contributed by atoms with van der Waals surface area (Å²) in [6, 6.07) is 10.1. The summed E-state index contributed by atoms with van der Waals surface area (Å²) in [7, 11) is 2.66. The van der Waals surface area contributed by atoms with Gasteiger partial charge in [-0.2, -0.15) is 0 Å². The van der Waals surface area contributed by atoms with Crippen molar-refractivity contribution in [2.45, 2.75) is 91.5 Å². The third kappa shape index (κ3) is 15.6. The molecule has 0 aliphatic heterocycles. The van der Waals surface area contributed by atoms with Crippen molar-refractivity contribution in [3.05, 3.63) is 58.7 Å². The van der Waals surface area contributed by atoms with E-state index < -0.39 is 23.1 Å². The van der Waals surface area contributed by atoms with Gasteiger partial charge in [0.1, 0.15) is 22.7 Å². The van der Waals surface area contributed by atoms with Crippen LogP contribution >= 0.6 is 0 Å². The summed E-state index contributed by atoms with van der Waals surface area (Å²) in [4.78, 5) is 52.9. The van der Waals surface area contributed by atoms with E-state index in [1.54, 1.807) is 77.9 Å². The van der Waals surface area contributed by atoms with Gasteiger partial charge in [0.25, 0.3) is 0 Å². The van der Waals surface area contributed by atoms with Gasteiger partial charge < -0.3 is 29.2 Å². The van der Waals surface area contributed by atoms with Crippen molar-refractivity contribution in [3.8, 4) is 11.5 Å². The highest BCUT2D eigenvalue weighted by Crippen LogP contribution is 2.24. The summed E-state index contributed by atoms with van der Waals surface area (Å²) in [5.74, 6) is -1.55. The lowest BCUT2D eigenvalue weighted by molar-refractivity contribution is -0.158. The Morgan fingerprint density at radius 3 is 1.27 bits per heavy atom. The lowest BCUT2D eigenvalue weighted by Crippen LogP contribution is -2.41. The van der Waals surface area contributed by atoms with Gasteiger partial charge in [-0.3, -0.25) is 29.0 Å². The number of phenols is 2. The molecule has 0 amide bonds. The highest BCUT2D eigenvalue weighted by molar-refractivity contribution is 5.73. The van der Waals surface area contributed by atoms with Crippen LogP contribution in [0.3, 0.4) is 0 Å². The first-order valence-electron chi connectivity index (χ1n) is 16.0. The number of nitrogens with zero attached hydrogens (tertiary/aromatic N) is 2. The van der Waals surface area contributed by atoms with Crippen LogP contribution in [0.15, 0.2) is 36.4 Å². The van der Waals surface area contributed by atoms with Crippen molar-refractivity contribution in [1.29, 1.82) is 0 Å². The van der Waals surface area contributed by atoms with E-state index in [-0.39, 0.29) is 75.5 Å². The Kier molecular flexibility index (Phi) is 15.3. The summed E-state index contributed by atoms with van der Waals surface area (Å²) in [5.41, 5.74) is 1.32. The molecule has 0 fully saturated rings. The molecule has 48 heavy (non-hydrogen) atoms. The summed E-state index contributed by atoms with van der Waals surface area (Å²) in [5, 5.41) is 21.4. The quantitative estimate of drug-likeness (QED) is 0.182. The van der Waals surface area contributed by atoms with E-state index in [1.807, 2.05) is 9.80 Å². The number of aryl methyl sites for hydroxylation is 2. The van der Waals surface area contributed by atoms with Crippen molar-refractivity contribution in [2.75, 3.05) is 40.4 Å². The van der Waals surface area contributed by atoms with Gasteiger partial charge in [0, 0.05) is 50.1 Å². The number of hydrogen-bond acceptors (Lipinski definition) is 12. The minimum absolute atomic E-state index is 0.0327. The highest BCUT2D eigenvalue weighted by atomic mass is 16.6. The molecule has 0 spiro atoms. The van der Waals surface area contributed by atoms with Gasteiger partial charge in [-0.1, -0.05) is 24.3 Å². The molecule has 0 heterocycles. The molecule has 0 saturated carbocycles. The number of hydrogen-bond donors (Lipinski definition) is 2. The van der Waals surface area contributed by atoms with E-state index in [9.17, 15) is 29.4 Å². The number of aromatic hydroxyl groups is 2. The molecule has 2 aromatic rings. The van der Waals surface area contributed by atoms with Gasteiger partial charge in [0.05, 0.1) is 27.3 Å². The van der Waals surface area contributed by atoms with Crippen LogP contribution in [0.25, 0.3) is 0 Å². The van der Waals surface area contributed by atoms with Gasteiger partial charge >= 0.3 is 23.9 Å². The Hall–Kier alpha value is -4.16. The molecule has 0 atom stereocenters. The first-order valence-corrected chi connectivity index (χ1v) is 16.0. The fourth-order valence-electron chi connectivity index (χ4n) is 4.84. The van der Waals surface area contributed by atoms with E-state index in [4.69, 9.17) is 18.9 Å². The molecule has 2 N–H and O–H groups in total. The molecule has 0 unspecified atom stereocenters. The fraction of sp³-hybridized carbons (Fsp3) is 0.556. The fourth-order valence-corrected chi connectivity index (χ4v) is 4.84. The van der Waals surface area contributed by atoms with Crippen LogP contribution in [0.4, 0.5) is 0 Å². The topological polar surface area (TPSA) is 152 Å². The number of esters is 4. The molecule has 0 aromatic heterocycles. The molecular weight excluding hydrogens is 620 g/mol. The monoisotopic (exact) mass is 672 g/mol. The Morgan fingerprint density at radius 2 is 0.958 bits per heavy atom. The molecule has 12 heteroatoms. The average molecular weight is 673 g/mol. The zero-order valence-electron chi connectivity index (χ0n) is 29.6. The summed E-state index contributed by atoms with van der Waals surface area (Å²) in [6.07, 6.45) is 1.19. The Labute approximate surface area is 283 Å². The standard InChI is InChI=1S/C36H52N2O10/c1-35(2,3)47-33(43)23-37(21-27-19-25(9-13-29(27)39)11-15-31(41)45-7)17-18-38(24-34(44)48-36(4,5)6)22-28-20-26(10-14-30(28)40)12-16-32(42)46-8/h9-10,13-14,19-20,39-40H,11-12,15-18,21-24H2,1-8H3. The van der Waals surface area contributed by atoms with E-state index >= 15 is 0 Å². The van der Waals surface area contributed by atoms with Gasteiger partial charge in [-0.25, -0.2) is 0 Å². The van der Waals surface area contributed by atoms with E-state index in [1.165, 1.54) is 14.2 Å². The molecule has 12 nitrogen and oxygen atoms in total. The number of ether oxygens (including phenoxy) is 4. The SMILES string of the molecule is COC(=O)CCc1ccc(O)c(CN(CCN(CC(=O)OC(C)(C)C)Cc2cc(CCC(=O)OC)ccc2O)CC(=O)OC(C)(C)C)c1. The van der Waals surface area contributed by atoms with Crippen molar-refractivity contribution in [1.82, 2.24) is 9.80 Å². The van der Waals surface area contributed by atoms with E-state index in [0.29, 0.717) is 24.0 Å². The van der Waals surface area contributed by atoms with Crippen molar-refractivity contribution in [3.63, 3.8) is 0 Å². The number of methoxy groups -OCH3 is 2. The Balaban J connectivity index is 2.36. The predicted molar refractivity (Wildman–Crippen MR) is 179 cm³/mol.